The molecule has 0 atom stereocenters. The first kappa shape index (κ1) is 24.0. The van der Waals surface area contributed by atoms with E-state index in [1.54, 1.807) is 36.3 Å². The Morgan fingerprint density at radius 3 is 2.44 bits per heavy atom. The summed E-state index contributed by atoms with van der Waals surface area (Å²) in [5.74, 6) is -0.0784. The van der Waals surface area contributed by atoms with Crippen molar-refractivity contribution in [3.05, 3.63) is 58.5 Å². The van der Waals surface area contributed by atoms with Crippen molar-refractivity contribution in [2.24, 2.45) is 0 Å². The minimum absolute atomic E-state index is 0.0181. The molecule has 0 unspecified atom stereocenters. The lowest BCUT2D eigenvalue weighted by Gasteiger charge is -2.32. The first-order valence-corrected chi connectivity index (χ1v) is 12.7. The number of hydrogen-bond donors (Lipinski definition) is 2. The molecule has 0 saturated carbocycles. The van der Waals surface area contributed by atoms with E-state index in [0.29, 0.717) is 25.9 Å². The van der Waals surface area contributed by atoms with E-state index in [-0.39, 0.29) is 33.8 Å². The summed E-state index contributed by atoms with van der Waals surface area (Å²) in [4.78, 5) is 30.3. The van der Waals surface area contributed by atoms with Crippen LogP contribution >= 0.6 is 0 Å². The molecular weight excluding hydrogens is 456 g/mol. The molecule has 1 fully saturated rings. The number of sulfonamides is 1. The molecule has 1 aliphatic rings. The van der Waals surface area contributed by atoms with Crippen molar-refractivity contribution in [3.8, 4) is 5.75 Å². The Morgan fingerprint density at radius 2 is 1.79 bits per heavy atom. The van der Waals surface area contributed by atoms with Crippen molar-refractivity contribution in [2.75, 3.05) is 20.2 Å². The number of para-hydroxylation sites is 2. The average molecular weight is 487 g/mol. The Hall–Kier alpha value is -3.11. The van der Waals surface area contributed by atoms with Gasteiger partial charge in [-0.15, -0.1) is 0 Å². The molecule has 10 heteroatoms. The minimum Gasteiger partial charge on any atom is -0.495 e. The summed E-state index contributed by atoms with van der Waals surface area (Å²) in [5, 5.41) is 0. The number of amides is 1. The largest absolute Gasteiger partial charge is 0.495 e. The maximum atomic E-state index is 13.2. The molecule has 34 heavy (non-hydrogen) atoms. The number of carbonyl (C=O) groups excluding carboxylic acids is 1. The quantitative estimate of drug-likeness (QED) is 0.576. The van der Waals surface area contributed by atoms with Crippen molar-refractivity contribution < 1.29 is 17.9 Å². The van der Waals surface area contributed by atoms with Crippen LogP contribution in [0, 0.1) is 0 Å². The van der Waals surface area contributed by atoms with E-state index < -0.39 is 15.6 Å². The highest BCUT2D eigenvalue weighted by atomic mass is 32.2. The highest BCUT2D eigenvalue weighted by molar-refractivity contribution is 7.89. The fourth-order valence-electron chi connectivity index (χ4n) is 4.42. The van der Waals surface area contributed by atoms with Crippen molar-refractivity contribution >= 4 is 27.0 Å². The van der Waals surface area contributed by atoms with Crippen molar-refractivity contribution in [3.63, 3.8) is 0 Å². The number of H-pyrrole nitrogens is 1. The van der Waals surface area contributed by atoms with Gasteiger partial charge in [-0.3, -0.25) is 9.36 Å². The maximum absolute atomic E-state index is 13.2. The molecule has 1 saturated heterocycles. The van der Waals surface area contributed by atoms with Crippen LogP contribution in [0.5, 0.6) is 5.75 Å². The number of benzene rings is 2. The van der Waals surface area contributed by atoms with Gasteiger partial charge in [0.05, 0.1) is 18.1 Å². The molecule has 1 aliphatic heterocycles. The molecule has 9 nitrogen and oxygen atoms in total. The lowest BCUT2D eigenvalue weighted by Crippen LogP contribution is -2.41. The third-order valence-electron chi connectivity index (χ3n) is 5.88. The fraction of sp³-hybridized carbons (Fsp3) is 0.417. The van der Waals surface area contributed by atoms with Gasteiger partial charge in [-0.25, -0.2) is 17.9 Å². The van der Waals surface area contributed by atoms with Gasteiger partial charge in [-0.1, -0.05) is 12.1 Å². The molecule has 0 bridgehead atoms. The highest BCUT2D eigenvalue weighted by Crippen LogP contribution is 2.29. The molecule has 1 aromatic heterocycles. The first-order valence-electron chi connectivity index (χ1n) is 11.2. The molecule has 4 rings (SSSR count). The van der Waals surface area contributed by atoms with Crippen molar-refractivity contribution in [1.82, 2.24) is 19.2 Å². The zero-order valence-electron chi connectivity index (χ0n) is 19.8. The minimum atomic E-state index is -3.90. The number of aromatic amines is 1. The maximum Gasteiger partial charge on any atom is 0.326 e. The van der Waals surface area contributed by atoms with Gasteiger partial charge in [0.15, 0.2) is 0 Å². The normalized spacial score (nSPS) is 15.6. The van der Waals surface area contributed by atoms with Crippen LogP contribution in [0.3, 0.4) is 0 Å². The van der Waals surface area contributed by atoms with E-state index in [4.69, 9.17) is 4.74 Å². The predicted molar refractivity (Wildman–Crippen MR) is 130 cm³/mol. The number of fused-ring (bicyclic) bond motifs is 1. The topological polar surface area (TPSA) is 114 Å². The van der Waals surface area contributed by atoms with E-state index in [0.717, 1.165) is 11.0 Å². The van der Waals surface area contributed by atoms with Gasteiger partial charge in [-0.05, 0) is 63.9 Å². The Bertz CT molecular complexity index is 1380. The highest BCUT2D eigenvalue weighted by Gasteiger charge is 2.29. The van der Waals surface area contributed by atoms with Crippen LogP contribution in [0.2, 0.25) is 0 Å². The third-order valence-corrected chi connectivity index (χ3v) is 7.66. The van der Waals surface area contributed by atoms with Crippen molar-refractivity contribution in [1.29, 1.82) is 0 Å². The van der Waals surface area contributed by atoms with Crippen molar-refractivity contribution in [2.45, 2.75) is 50.1 Å². The summed E-state index contributed by atoms with van der Waals surface area (Å²) in [6.07, 6.45) is 1.25. The second-order valence-electron chi connectivity index (χ2n) is 9.56. The standard InChI is InChI=1S/C24H30N4O5S/c1-24(2,3)26-34(31,32)21-15-16(9-10-20(21)33-4)22(29)27-13-11-17(12-14-27)28-19-8-6-5-7-18(19)25-23(28)30/h5-10,15,17,26H,11-14H2,1-4H3,(H,25,30). The molecule has 0 radical (unpaired) electrons. The van der Waals surface area contributed by atoms with Crippen LogP contribution in [0.4, 0.5) is 0 Å². The molecule has 2 heterocycles. The zero-order chi connectivity index (χ0) is 24.7. The van der Waals surface area contributed by atoms with Gasteiger partial charge in [0.1, 0.15) is 10.6 Å². The molecule has 0 aliphatic carbocycles. The number of methoxy groups -OCH3 is 1. The van der Waals surface area contributed by atoms with Gasteiger partial charge in [0, 0.05) is 30.2 Å². The number of carbonyl (C=O) groups is 1. The van der Waals surface area contributed by atoms with E-state index in [1.165, 1.54) is 19.2 Å². The average Bonchev–Trinajstić information content (AvgIpc) is 3.12. The van der Waals surface area contributed by atoms with E-state index in [2.05, 4.69) is 9.71 Å². The number of imidazole rings is 1. The van der Waals surface area contributed by atoms with Gasteiger partial charge < -0.3 is 14.6 Å². The lowest BCUT2D eigenvalue weighted by molar-refractivity contribution is 0.0694. The number of aromatic nitrogens is 2. The molecule has 1 amide bonds. The number of rotatable bonds is 5. The Morgan fingerprint density at radius 1 is 1.12 bits per heavy atom. The van der Waals surface area contributed by atoms with Crippen LogP contribution in [0.15, 0.2) is 52.2 Å². The number of hydrogen-bond acceptors (Lipinski definition) is 5. The summed E-state index contributed by atoms with van der Waals surface area (Å²) >= 11 is 0. The number of likely N-dealkylation sites (tertiary alicyclic amines) is 1. The molecule has 0 spiro atoms. The number of ether oxygens (including phenoxy) is 1. The Kier molecular flexibility index (Phi) is 6.30. The zero-order valence-corrected chi connectivity index (χ0v) is 20.6. The summed E-state index contributed by atoms with van der Waals surface area (Å²) in [7, 11) is -2.51. The van der Waals surface area contributed by atoms with Gasteiger partial charge in [0.2, 0.25) is 10.0 Å². The smallest absolute Gasteiger partial charge is 0.326 e. The number of piperidine rings is 1. The lowest BCUT2D eigenvalue weighted by atomic mass is 10.0. The van der Waals surface area contributed by atoms with Crippen LogP contribution in [-0.4, -0.2) is 54.5 Å². The molecule has 182 valence electrons. The van der Waals surface area contributed by atoms with E-state index in [1.807, 2.05) is 24.3 Å². The fourth-order valence-corrected chi connectivity index (χ4v) is 6.04. The SMILES string of the molecule is COc1ccc(C(=O)N2CCC(n3c(=O)[nH]c4ccccc43)CC2)cc1S(=O)(=O)NC(C)(C)C. The molecule has 2 aromatic carbocycles. The van der Waals surface area contributed by atoms with Crippen LogP contribution in [-0.2, 0) is 10.0 Å². The van der Waals surface area contributed by atoms with Gasteiger partial charge in [0.25, 0.3) is 5.91 Å². The van der Waals surface area contributed by atoms with E-state index in [9.17, 15) is 18.0 Å². The van der Waals surface area contributed by atoms with Crippen LogP contribution in [0.25, 0.3) is 11.0 Å². The Balaban J connectivity index is 1.54. The van der Waals surface area contributed by atoms with E-state index >= 15 is 0 Å². The van der Waals surface area contributed by atoms with Gasteiger partial charge >= 0.3 is 5.69 Å². The summed E-state index contributed by atoms with van der Waals surface area (Å²) in [5.41, 5.74) is 1.09. The monoisotopic (exact) mass is 486 g/mol. The van der Waals surface area contributed by atoms with Crippen LogP contribution in [0.1, 0.15) is 50.0 Å². The molecule has 2 N–H and O–H groups in total. The van der Waals surface area contributed by atoms with Gasteiger partial charge in [-0.2, -0.15) is 0 Å². The summed E-state index contributed by atoms with van der Waals surface area (Å²) in [6.45, 7) is 6.16. The number of nitrogens with one attached hydrogen (secondary N) is 2. The predicted octanol–water partition coefficient (Wildman–Crippen LogP) is 2.89. The second kappa shape index (κ2) is 8.92. The number of nitrogens with zero attached hydrogens (tertiary/aromatic N) is 2. The summed E-state index contributed by atoms with van der Waals surface area (Å²) < 4.78 is 35.5. The second-order valence-corrected chi connectivity index (χ2v) is 11.2. The molecule has 3 aromatic rings. The van der Waals surface area contributed by atoms with Crippen LogP contribution < -0.4 is 15.1 Å². The molecular formula is C24H30N4O5S. The first-order chi connectivity index (χ1) is 16.0. The third kappa shape index (κ3) is 4.74. The summed E-state index contributed by atoms with van der Waals surface area (Å²) in [6, 6.07) is 12.0. The Labute approximate surface area is 198 Å².